The van der Waals surface area contributed by atoms with Crippen LogP contribution in [0.2, 0.25) is 0 Å². The molecule has 0 spiro atoms. The molecule has 0 bridgehead atoms. The third-order valence-electron chi connectivity index (χ3n) is 10.8. The molecule has 5 aromatic rings. The minimum absolute atomic E-state index is 0.0928. The number of hydrogen-bond donors (Lipinski definition) is 2. The van der Waals surface area contributed by atoms with Crippen molar-refractivity contribution in [1.29, 1.82) is 0 Å². The minimum atomic E-state index is 0.0928. The number of hydrogen-bond acceptors (Lipinski definition) is 6. The van der Waals surface area contributed by atoms with Gasteiger partial charge in [0.15, 0.2) is 0 Å². The lowest BCUT2D eigenvalue weighted by Gasteiger charge is -2.29. The average Bonchev–Trinajstić information content (AvgIpc) is 3.24. The van der Waals surface area contributed by atoms with Crippen LogP contribution in [0.3, 0.4) is 0 Å². The quantitative estimate of drug-likeness (QED) is 0.133. The van der Waals surface area contributed by atoms with Crippen molar-refractivity contribution in [1.82, 2.24) is 0 Å². The number of benzene rings is 5. The number of amides is 2. The fourth-order valence-corrected chi connectivity index (χ4v) is 7.71. The highest BCUT2D eigenvalue weighted by Gasteiger charge is 2.23. The molecule has 2 N–H and O–H groups in total. The second-order valence-electron chi connectivity index (χ2n) is 14.3. The van der Waals surface area contributed by atoms with Crippen molar-refractivity contribution >= 4 is 57.3 Å². The molecule has 5 aromatic carbocycles. The van der Waals surface area contributed by atoms with E-state index in [0.29, 0.717) is 0 Å². The van der Waals surface area contributed by atoms with Gasteiger partial charge in [-0.1, -0.05) is 38.5 Å². The molecule has 2 aliphatic rings. The number of rotatable bonds is 12. The Bertz CT molecular complexity index is 1820. The summed E-state index contributed by atoms with van der Waals surface area (Å²) in [7, 11) is 3.34. The molecule has 0 aliphatic heterocycles. The fraction of sp³-hybridized carbons (Fsp3) is 0.304. The number of ether oxygens (including phenoxy) is 2. The maximum atomic E-state index is 13.0. The Hall–Kier alpha value is -5.76. The zero-order valence-corrected chi connectivity index (χ0v) is 31.3. The van der Waals surface area contributed by atoms with E-state index in [1.165, 1.54) is 12.8 Å². The van der Waals surface area contributed by atoms with Crippen LogP contribution in [0.4, 0.5) is 45.5 Å². The van der Waals surface area contributed by atoms with Gasteiger partial charge in [-0.3, -0.25) is 9.59 Å². The first-order valence-corrected chi connectivity index (χ1v) is 19.3. The van der Waals surface area contributed by atoms with Gasteiger partial charge in [0.1, 0.15) is 11.5 Å². The van der Waals surface area contributed by atoms with Gasteiger partial charge >= 0.3 is 0 Å². The summed E-state index contributed by atoms with van der Waals surface area (Å²) >= 11 is 0. The van der Waals surface area contributed by atoms with Gasteiger partial charge in [-0.2, -0.15) is 0 Å². The largest absolute Gasteiger partial charge is 0.497 e. The van der Waals surface area contributed by atoms with Crippen LogP contribution in [0, 0.1) is 11.8 Å². The molecule has 2 saturated carbocycles. The van der Waals surface area contributed by atoms with Crippen LogP contribution in [0.1, 0.15) is 64.2 Å². The van der Waals surface area contributed by atoms with Gasteiger partial charge in [-0.25, -0.2) is 0 Å². The second-order valence-corrected chi connectivity index (χ2v) is 14.3. The molecule has 2 aliphatic carbocycles. The number of anilines is 8. The summed E-state index contributed by atoms with van der Waals surface area (Å²) in [5.41, 5.74) is 7.41. The Morgan fingerprint density at radius 3 is 0.963 bits per heavy atom. The van der Waals surface area contributed by atoms with Gasteiger partial charge in [0, 0.05) is 57.3 Å². The third kappa shape index (κ3) is 8.71. The van der Waals surface area contributed by atoms with Crippen molar-refractivity contribution in [3.8, 4) is 11.5 Å². The fourth-order valence-electron chi connectivity index (χ4n) is 7.71. The van der Waals surface area contributed by atoms with Crippen molar-refractivity contribution in [3.63, 3.8) is 0 Å². The Labute approximate surface area is 319 Å². The molecule has 2 fully saturated rings. The van der Waals surface area contributed by atoms with Gasteiger partial charge < -0.3 is 29.9 Å². The van der Waals surface area contributed by atoms with E-state index < -0.39 is 0 Å². The number of carbonyl (C=O) groups excluding carboxylic acids is 2. The highest BCUT2D eigenvalue weighted by Crippen LogP contribution is 2.40. The standard InChI is InChI=1S/C46H50N4O4/c1-53-43-29-25-41(26-30-43)49(37-17-13-35(14-18-37)47-45(51)33-9-5-3-6-10-33)39-21-23-40(24-22-39)50(42-27-31-44(54-2)32-28-42)38-19-15-36(16-20-38)48-46(52)34-11-7-4-8-12-34/h13-34H,3-12H2,1-2H3,(H,47,51)(H,48,52). The van der Waals surface area contributed by atoms with E-state index >= 15 is 0 Å². The Morgan fingerprint density at radius 2 is 0.685 bits per heavy atom. The predicted octanol–water partition coefficient (Wildman–Crippen LogP) is 11.7. The lowest BCUT2D eigenvalue weighted by atomic mass is 9.88. The number of carbonyl (C=O) groups is 2. The molecule has 2 amide bonds. The zero-order chi connectivity index (χ0) is 37.3. The molecule has 7 rings (SSSR count). The van der Waals surface area contributed by atoms with Crippen LogP contribution in [0.15, 0.2) is 121 Å². The van der Waals surface area contributed by atoms with Gasteiger partial charge in [-0.15, -0.1) is 0 Å². The number of methoxy groups -OCH3 is 2. The van der Waals surface area contributed by atoms with E-state index in [9.17, 15) is 9.59 Å². The molecule has 0 aromatic heterocycles. The second kappa shape index (κ2) is 17.4. The van der Waals surface area contributed by atoms with Crippen molar-refractivity contribution in [3.05, 3.63) is 121 Å². The minimum Gasteiger partial charge on any atom is -0.497 e. The molecule has 0 radical (unpaired) electrons. The Kier molecular flexibility index (Phi) is 11.8. The van der Waals surface area contributed by atoms with E-state index in [-0.39, 0.29) is 23.7 Å². The monoisotopic (exact) mass is 722 g/mol. The summed E-state index contributed by atoms with van der Waals surface area (Å²) in [5, 5.41) is 6.30. The van der Waals surface area contributed by atoms with Gasteiger partial charge in [0.25, 0.3) is 0 Å². The SMILES string of the molecule is COc1ccc(N(c2ccc(NC(=O)C3CCCCC3)cc2)c2ccc(N(c3ccc(NC(=O)C4CCCCC4)cc3)c3ccc(OC)cc3)cc2)cc1. The molecule has 0 heterocycles. The first kappa shape index (κ1) is 36.6. The van der Waals surface area contributed by atoms with Gasteiger partial charge in [0.2, 0.25) is 11.8 Å². The molecular formula is C46H50N4O4. The van der Waals surface area contributed by atoms with Crippen molar-refractivity contribution in [2.24, 2.45) is 11.8 Å². The average molecular weight is 723 g/mol. The third-order valence-corrected chi connectivity index (χ3v) is 10.8. The molecular weight excluding hydrogens is 673 g/mol. The molecule has 0 atom stereocenters. The van der Waals surface area contributed by atoms with Gasteiger partial charge in [0.05, 0.1) is 14.2 Å². The Balaban J connectivity index is 1.17. The topological polar surface area (TPSA) is 83.1 Å². The summed E-state index contributed by atoms with van der Waals surface area (Å²) in [6, 6.07) is 40.6. The lowest BCUT2D eigenvalue weighted by molar-refractivity contribution is -0.121. The summed E-state index contributed by atoms with van der Waals surface area (Å²) in [6.07, 6.45) is 10.8. The summed E-state index contributed by atoms with van der Waals surface area (Å²) in [4.78, 5) is 30.3. The number of nitrogens with zero attached hydrogens (tertiary/aromatic N) is 2. The Morgan fingerprint density at radius 1 is 0.426 bits per heavy atom. The molecule has 54 heavy (non-hydrogen) atoms. The van der Waals surface area contributed by atoms with Crippen LogP contribution in [-0.4, -0.2) is 26.0 Å². The highest BCUT2D eigenvalue weighted by molar-refractivity contribution is 5.94. The molecule has 8 nitrogen and oxygen atoms in total. The molecule has 0 saturated heterocycles. The van der Waals surface area contributed by atoms with E-state index in [0.717, 1.165) is 108 Å². The van der Waals surface area contributed by atoms with Gasteiger partial charge in [-0.05, 0) is 147 Å². The summed E-state index contributed by atoms with van der Waals surface area (Å²) in [5.74, 6) is 1.98. The lowest BCUT2D eigenvalue weighted by Crippen LogP contribution is -2.24. The van der Waals surface area contributed by atoms with Crippen LogP contribution < -0.4 is 29.9 Å². The smallest absolute Gasteiger partial charge is 0.227 e. The van der Waals surface area contributed by atoms with E-state index in [4.69, 9.17) is 9.47 Å². The highest BCUT2D eigenvalue weighted by atomic mass is 16.5. The maximum Gasteiger partial charge on any atom is 0.227 e. The first-order valence-electron chi connectivity index (χ1n) is 19.3. The normalized spacial score (nSPS) is 14.9. The molecule has 8 heteroatoms. The maximum absolute atomic E-state index is 13.0. The van der Waals surface area contributed by atoms with Crippen LogP contribution in [-0.2, 0) is 9.59 Å². The van der Waals surface area contributed by atoms with Crippen molar-refractivity contribution in [2.45, 2.75) is 64.2 Å². The number of nitrogens with one attached hydrogen (secondary N) is 2. The van der Waals surface area contributed by atoms with Crippen molar-refractivity contribution in [2.75, 3.05) is 34.7 Å². The van der Waals surface area contributed by atoms with E-state index in [2.05, 4.69) is 44.7 Å². The van der Waals surface area contributed by atoms with E-state index in [1.807, 2.05) is 97.1 Å². The first-order chi connectivity index (χ1) is 26.5. The predicted molar refractivity (Wildman–Crippen MR) is 219 cm³/mol. The van der Waals surface area contributed by atoms with Crippen LogP contribution >= 0.6 is 0 Å². The summed E-state index contributed by atoms with van der Waals surface area (Å²) in [6.45, 7) is 0. The van der Waals surface area contributed by atoms with E-state index in [1.54, 1.807) is 14.2 Å². The molecule has 278 valence electrons. The van der Waals surface area contributed by atoms with Crippen molar-refractivity contribution < 1.29 is 19.1 Å². The van der Waals surface area contributed by atoms with Crippen LogP contribution in [0.25, 0.3) is 0 Å². The molecule has 0 unspecified atom stereocenters. The summed E-state index contributed by atoms with van der Waals surface area (Å²) < 4.78 is 10.9. The van der Waals surface area contributed by atoms with Crippen LogP contribution in [0.5, 0.6) is 11.5 Å². The zero-order valence-electron chi connectivity index (χ0n) is 31.3.